The van der Waals surface area contributed by atoms with E-state index in [-0.39, 0.29) is 11.9 Å². The van der Waals surface area contributed by atoms with E-state index in [0.717, 1.165) is 11.8 Å². The summed E-state index contributed by atoms with van der Waals surface area (Å²) in [5, 5.41) is 9.89. The van der Waals surface area contributed by atoms with Crippen LogP contribution in [0.25, 0.3) is 0 Å². The zero-order chi connectivity index (χ0) is 17.3. The summed E-state index contributed by atoms with van der Waals surface area (Å²) >= 11 is 1.57. The SMILES string of the molecule is CC(=O)N1N=C(c2ccccc2NS(C)(=O)=O)C[C@H]1c1ccsc1. The first-order valence-corrected chi connectivity index (χ1v) is 10.1. The fourth-order valence-corrected chi connectivity index (χ4v) is 4.00. The molecule has 0 fully saturated rings. The minimum Gasteiger partial charge on any atom is -0.283 e. The average Bonchev–Trinajstić information content (AvgIpc) is 3.15. The number of hydrogen-bond donors (Lipinski definition) is 1. The number of carbonyl (C=O) groups is 1. The van der Waals surface area contributed by atoms with Gasteiger partial charge in [0.05, 0.1) is 23.7 Å². The number of nitrogens with one attached hydrogen (secondary N) is 1. The number of amides is 1. The lowest BCUT2D eigenvalue weighted by Crippen LogP contribution is -2.23. The molecule has 0 saturated heterocycles. The Morgan fingerprint density at radius 2 is 2.08 bits per heavy atom. The summed E-state index contributed by atoms with van der Waals surface area (Å²) in [6, 6.07) is 8.89. The maximum absolute atomic E-state index is 12.0. The highest BCUT2D eigenvalue weighted by Gasteiger charge is 2.32. The first-order valence-electron chi connectivity index (χ1n) is 7.32. The first kappa shape index (κ1) is 16.7. The quantitative estimate of drug-likeness (QED) is 0.907. The molecule has 0 bridgehead atoms. The van der Waals surface area contributed by atoms with E-state index in [1.165, 1.54) is 11.9 Å². The molecule has 1 amide bonds. The fraction of sp³-hybridized carbons (Fsp3) is 0.250. The van der Waals surface area contributed by atoms with E-state index >= 15 is 0 Å². The molecule has 2 heterocycles. The smallest absolute Gasteiger partial charge is 0.240 e. The Bertz CT molecular complexity index is 889. The molecular weight excluding hydrogens is 346 g/mol. The van der Waals surface area contributed by atoms with E-state index in [9.17, 15) is 13.2 Å². The van der Waals surface area contributed by atoms with E-state index in [4.69, 9.17) is 0 Å². The summed E-state index contributed by atoms with van der Waals surface area (Å²) in [6.45, 7) is 1.48. The monoisotopic (exact) mass is 363 g/mol. The van der Waals surface area contributed by atoms with Crippen molar-refractivity contribution in [3.8, 4) is 0 Å². The van der Waals surface area contributed by atoms with Crippen LogP contribution in [0.15, 0.2) is 46.2 Å². The van der Waals surface area contributed by atoms with Gasteiger partial charge in [0.25, 0.3) is 0 Å². The Morgan fingerprint density at radius 3 is 2.71 bits per heavy atom. The van der Waals surface area contributed by atoms with Crippen LogP contribution in [0.5, 0.6) is 0 Å². The summed E-state index contributed by atoms with van der Waals surface area (Å²) in [4.78, 5) is 12.0. The van der Waals surface area contributed by atoms with Crippen LogP contribution in [-0.4, -0.2) is 31.3 Å². The molecule has 6 nitrogen and oxygen atoms in total. The van der Waals surface area contributed by atoms with E-state index in [1.54, 1.807) is 29.5 Å². The van der Waals surface area contributed by atoms with Crippen molar-refractivity contribution in [1.82, 2.24) is 5.01 Å². The summed E-state index contributed by atoms with van der Waals surface area (Å²) in [5.74, 6) is -0.144. The number of hydrogen-bond acceptors (Lipinski definition) is 5. The second-order valence-electron chi connectivity index (χ2n) is 5.61. The van der Waals surface area contributed by atoms with E-state index in [1.807, 2.05) is 22.9 Å². The maximum Gasteiger partial charge on any atom is 0.240 e. The normalized spacial score (nSPS) is 17.7. The molecule has 1 atom stereocenters. The van der Waals surface area contributed by atoms with Crippen molar-refractivity contribution < 1.29 is 13.2 Å². The van der Waals surface area contributed by atoms with Crippen molar-refractivity contribution in [1.29, 1.82) is 0 Å². The van der Waals surface area contributed by atoms with Crippen LogP contribution in [0.1, 0.15) is 30.5 Å². The molecular formula is C16H17N3O3S2. The average molecular weight is 363 g/mol. The van der Waals surface area contributed by atoms with Crippen molar-refractivity contribution in [3.63, 3.8) is 0 Å². The lowest BCUT2D eigenvalue weighted by atomic mass is 9.99. The Balaban J connectivity index is 1.99. The second kappa shape index (κ2) is 6.37. The van der Waals surface area contributed by atoms with Crippen LogP contribution >= 0.6 is 11.3 Å². The molecule has 1 aromatic heterocycles. The van der Waals surface area contributed by atoms with Crippen molar-refractivity contribution >= 4 is 38.7 Å². The van der Waals surface area contributed by atoms with Crippen LogP contribution < -0.4 is 4.72 Å². The van der Waals surface area contributed by atoms with Crippen molar-refractivity contribution in [2.75, 3.05) is 11.0 Å². The lowest BCUT2D eigenvalue weighted by Gasteiger charge is -2.18. The highest BCUT2D eigenvalue weighted by molar-refractivity contribution is 7.92. The molecule has 2 aromatic rings. The van der Waals surface area contributed by atoms with Gasteiger partial charge in [0.2, 0.25) is 15.9 Å². The first-order chi connectivity index (χ1) is 11.3. The van der Waals surface area contributed by atoms with Gasteiger partial charge in [-0.3, -0.25) is 9.52 Å². The van der Waals surface area contributed by atoms with Crippen LogP contribution in [0.4, 0.5) is 5.69 Å². The number of para-hydroxylation sites is 1. The molecule has 0 unspecified atom stereocenters. The van der Waals surface area contributed by atoms with E-state index < -0.39 is 10.0 Å². The Kier molecular flexibility index (Phi) is 4.42. The van der Waals surface area contributed by atoms with Gasteiger partial charge in [-0.05, 0) is 28.5 Å². The zero-order valence-corrected chi connectivity index (χ0v) is 14.9. The topological polar surface area (TPSA) is 78.8 Å². The van der Waals surface area contributed by atoms with Crippen molar-refractivity contribution in [2.45, 2.75) is 19.4 Å². The van der Waals surface area contributed by atoms with E-state index in [2.05, 4.69) is 9.82 Å². The number of sulfonamides is 1. The summed E-state index contributed by atoms with van der Waals surface area (Å²) in [5.41, 5.74) is 2.87. The van der Waals surface area contributed by atoms with Gasteiger partial charge in [0.1, 0.15) is 0 Å². The molecule has 0 spiro atoms. The van der Waals surface area contributed by atoms with Gasteiger partial charge in [-0.2, -0.15) is 16.4 Å². The number of hydrazone groups is 1. The standard InChI is InChI=1S/C16H17N3O3S2/c1-11(20)19-16(12-7-8-23-10-12)9-15(17-19)13-5-3-4-6-14(13)18-24(2,21)22/h3-8,10,16,18H,9H2,1-2H3/t16-/m0/s1. The molecule has 1 aliphatic heterocycles. The molecule has 24 heavy (non-hydrogen) atoms. The molecule has 3 rings (SSSR count). The predicted molar refractivity (Wildman–Crippen MR) is 95.6 cm³/mol. The summed E-state index contributed by atoms with van der Waals surface area (Å²) in [7, 11) is -3.40. The molecule has 1 N–H and O–H groups in total. The van der Waals surface area contributed by atoms with Crippen molar-refractivity contribution in [3.05, 3.63) is 52.2 Å². The molecule has 0 saturated carbocycles. The largest absolute Gasteiger partial charge is 0.283 e. The highest BCUT2D eigenvalue weighted by atomic mass is 32.2. The van der Waals surface area contributed by atoms with Gasteiger partial charge >= 0.3 is 0 Å². The van der Waals surface area contributed by atoms with Crippen LogP contribution in [0.2, 0.25) is 0 Å². The van der Waals surface area contributed by atoms with Gasteiger partial charge in [-0.1, -0.05) is 18.2 Å². The molecule has 1 aromatic carbocycles. The second-order valence-corrected chi connectivity index (χ2v) is 8.14. The minimum absolute atomic E-state index is 0.144. The van der Waals surface area contributed by atoms with Gasteiger partial charge in [-0.15, -0.1) is 0 Å². The predicted octanol–water partition coefficient (Wildman–Crippen LogP) is 2.82. The van der Waals surface area contributed by atoms with Crippen LogP contribution in [0.3, 0.4) is 0 Å². The van der Waals surface area contributed by atoms with Gasteiger partial charge < -0.3 is 0 Å². The van der Waals surface area contributed by atoms with Gasteiger partial charge in [-0.25, -0.2) is 13.4 Å². The fourth-order valence-electron chi connectivity index (χ4n) is 2.71. The van der Waals surface area contributed by atoms with Crippen molar-refractivity contribution in [2.24, 2.45) is 5.10 Å². The molecule has 126 valence electrons. The van der Waals surface area contributed by atoms with Crippen LogP contribution in [0, 0.1) is 0 Å². The Labute approximate surface area is 144 Å². The number of anilines is 1. The third-order valence-electron chi connectivity index (χ3n) is 3.69. The van der Waals surface area contributed by atoms with Gasteiger partial charge in [0.15, 0.2) is 0 Å². The summed E-state index contributed by atoms with van der Waals surface area (Å²) in [6.07, 6.45) is 1.65. The number of carbonyl (C=O) groups excluding carboxylic acids is 1. The summed E-state index contributed by atoms with van der Waals surface area (Å²) < 4.78 is 25.7. The number of nitrogens with zero attached hydrogens (tertiary/aromatic N) is 2. The third kappa shape index (κ3) is 3.49. The maximum atomic E-state index is 12.0. The zero-order valence-electron chi connectivity index (χ0n) is 13.3. The third-order valence-corrected chi connectivity index (χ3v) is 4.99. The van der Waals surface area contributed by atoms with Crippen LogP contribution in [-0.2, 0) is 14.8 Å². The molecule has 8 heteroatoms. The molecule has 1 aliphatic rings. The number of rotatable bonds is 4. The molecule has 0 aliphatic carbocycles. The van der Waals surface area contributed by atoms with Gasteiger partial charge in [0, 0.05) is 18.9 Å². The molecule has 0 radical (unpaired) electrons. The number of benzene rings is 1. The highest BCUT2D eigenvalue weighted by Crippen LogP contribution is 2.35. The van der Waals surface area contributed by atoms with E-state index in [0.29, 0.717) is 23.4 Å². The Hall–Kier alpha value is -2.19. The Morgan fingerprint density at radius 1 is 1.33 bits per heavy atom. The number of thiophene rings is 1. The minimum atomic E-state index is -3.40. The lowest BCUT2D eigenvalue weighted by molar-refractivity contribution is -0.130.